The molecule has 84 valence electrons. The molecule has 0 atom stereocenters. The molecule has 2 rings (SSSR count). The number of aromatic nitrogens is 2. The van der Waals surface area contributed by atoms with Gasteiger partial charge in [0, 0.05) is 35.3 Å². The normalized spacial score (nSPS) is 10.6. The third kappa shape index (κ3) is 3.00. The van der Waals surface area contributed by atoms with Crippen LogP contribution in [-0.2, 0) is 6.54 Å². The van der Waals surface area contributed by atoms with E-state index in [4.69, 9.17) is 5.73 Å². The number of halogens is 1. The zero-order valence-electron chi connectivity index (χ0n) is 8.64. The lowest BCUT2D eigenvalue weighted by molar-refractivity contribution is 0.625. The van der Waals surface area contributed by atoms with Gasteiger partial charge >= 0.3 is 0 Å². The number of nitrogens with two attached hydrogens (primary N) is 1. The molecule has 16 heavy (non-hydrogen) atoms. The quantitative estimate of drug-likeness (QED) is 0.656. The van der Waals surface area contributed by atoms with E-state index in [1.165, 1.54) is 12.1 Å². The lowest BCUT2D eigenvalue weighted by Crippen LogP contribution is -1.97. The zero-order chi connectivity index (χ0) is 11.4. The van der Waals surface area contributed by atoms with Gasteiger partial charge in [-0.3, -0.25) is 0 Å². The van der Waals surface area contributed by atoms with E-state index in [0.29, 0.717) is 5.69 Å². The van der Waals surface area contributed by atoms with Gasteiger partial charge in [-0.05, 0) is 18.2 Å². The fraction of sp³-hybridized carbons (Fsp3) is 0.182. The van der Waals surface area contributed by atoms with Gasteiger partial charge in [0.15, 0.2) is 0 Å². The topological polar surface area (TPSA) is 43.8 Å². The maximum Gasteiger partial charge on any atom is 0.126 e. The molecule has 0 amide bonds. The number of thioether (sulfide) groups is 1. The monoisotopic (exact) mass is 237 g/mol. The van der Waals surface area contributed by atoms with Crippen molar-refractivity contribution in [3.63, 3.8) is 0 Å². The summed E-state index contributed by atoms with van der Waals surface area (Å²) in [7, 11) is 0. The Kier molecular flexibility index (Phi) is 3.46. The molecule has 0 fully saturated rings. The number of anilines is 1. The molecule has 0 aliphatic rings. The molecule has 0 saturated carbocycles. The Morgan fingerprint density at radius 3 is 2.94 bits per heavy atom. The lowest BCUT2D eigenvalue weighted by atomic mass is 10.3. The molecular weight excluding hydrogens is 225 g/mol. The highest BCUT2D eigenvalue weighted by Gasteiger charge is 1.99. The number of rotatable bonds is 4. The van der Waals surface area contributed by atoms with Gasteiger partial charge in [0.05, 0.1) is 6.33 Å². The highest BCUT2D eigenvalue weighted by molar-refractivity contribution is 7.99. The van der Waals surface area contributed by atoms with E-state index in [0.717, 1.165) is 17.2 Å². The second-order valence-corrected chi connectivity index (χ2v) is 4.54. The van der Waals surface area contributed by atoms with Crippen molar-refractivity contribution in [1.82, 2.24) is 9.55 Å². The molecule has 0 saturated heterocycles. The van der Waals surface area contributed by atoms with Gasteiger partial charge in [-0.25, -0.2) is 9.37 Å². The van der Waals surface area contributed by atoms with Crippen LogP contribution in [0.15, 0.2) is 41.8 Å². The fourth-order valence-electron chi connectivity index (χ4n) is 1.36. The molecule has 0 radical (unpaired) electrons. The van der Waals surface area contributed by atoms with Gasteiger partial charge in [0.2, 0.25) is 0 Å². The van der Waals surface area contributed by atoms with Crippen LogP contribution in [0.25, 0.3) is 0 Å². The van der Waals surface area contributed by atoms with Crippen LogP contribution in [0.3, 0.4) is 0 Å². The van der Waals surface area contributed by atoms with E-state index < -0.39 is 0 Å². The number of hydrogen-bond acceptors (Lipinski definition) is 3. The Morgan fingerprint density at radius 1 is 1.38 bits per heavy atom. The lowest BCUT2D eigenvalue weighted by Gasteiger charge is -2.04. The highest BCUT2D eigenvalue weighted by atomic mass is 32.2. The molecule has 0 bridgehead atoms. The summed E-state index contributed by atoms with van der Waals surface area (Å²) < 4.78 is 15.0. The Labute approximate surface area is 97.5 Å². The first-order chi connectivity index (χ1) is 7.74. The molecule has 1 heterocycles. The molecule has 0 aliphatic carbocycles. The molecule has 3 nitrogen and oxygen atoms in total. The number of hydrogen-bond donors (Lipinski definition) is 1. The molecule has 2 N–H and O–H groups in total. The molecule has 0 aliphatic heterocycles. The highest BCUT2D eigenvalue weighted by Crippen LogP contribution is 2.22. The number of benzene rings is 1. The maximum atomic E-state index is 13.0. The Balaban J connectivity index is 1.89. The van der Waals surface area contributed by atoms with E-state index in [1.807, 2.05) is 10.8 Å². The summed E-state index contributed by atoms with van der Waals surface area (Å²) in [6, 6.07) is 4.59. The van der Waals surface area contributed by atoms with Crippen molar-refractivity contribution in [3.8, 4) is 0 Å². The van der Waals surface area contributed by atoms with Crippen molar-refractivity contribution in [2.45, 2.75) is 11.4 Å². The van der Waals surface area contributed by atoms with Crippen LogP contribution >= 0.6 is 11.8 Å². The van der Waals surface area contributed by atoms with Crippen molar-refractivity contribution >= 4 is 17.4 Å². The maximum absolute atomic E-state index is 13.0. The van der Waals surface area contributed by atoms with Crippen LogP contribution in [0.2, 0.25) is 0 Å². The van der Waals surface area contributed by atoms with Crippen LogP contribution in [0.4, 0.5) is 10.1 Å². The zero-order valence-corrected chi connectivity index (χ0v) is 9.45. The molecular formula is C11H12FN3S. The van der Waals surface area contributed by atoms with Gasteiger partial charge in [-0.1, -0.05) is 0 Å². The van der Waals surface area contributed by atoms with Crippen LogP contribution < -0.4 is 5.73 Å². The van der Waals surface area contributed by atoms with E-state index in [1.54, 1.807) is 30.4 Å². The largest absolute Gasteiger partial charge is 0.399 e. The molecule has 1 aromatic carbocycles. The van der Waals surface area contributed by atoms with E-state index in [2.05, 4.69) is 4.98 Å². The van der Waals surface area contributed by atoms with Gasteiger partial charge in [0.25, 0.3) is 0 Å². The SMILES string of the molecule is Nc1cc(F)cc(SCCn2ccnc2)c1. The summed E-state index contributed by atoms with van der Waals surface area (Å²) in [5.41, 5.74) is 6.02. The second kappa shape index (κ2) is 5.03. The van der Waals surface area contributed by atoms with Crippen molar-refractivity contribution in [1.29, 1.82) is 0 Å². The van der Waals surface area contributed by atoms with Crippen LogP contribution in [-0.4, -0.2) is 15.3 Å². The average Bonchev–Trinajstić information content (AvgIpc) is 2.69. The minimum absolute atomic E-state index is 0.287. The molecule has 0 unspecified atom stereocenters. The van der Waals surface area contributed by atoms with Gasteiger partial charge < -0.3 is 10.3 Å². The number of nitrogen functional groups attached to an aromatic ring is 1. The van der Waals surface area contributed by atoms with Crippen LogP contribution in [0.5, 0.6) is 0 Å². The summed E-state index contributed by atoms with van der Waals surface area (Å²) in [5, 5.41) is 0. The van der Waals surface area contributed by atoms with Crippen LogP contribution in [0, 0.1) is 5.82 Å². The van der Waals surface area contributed by atoms with E-state index in [9.17, 15) is 4.39 Å². The predicted molar refractivity (Wildman–Crippen MR) is 63.8 cm³/mol. The standard InChI is InChI=1S/C11H12FN3S/c12-9-5-10(13)7-11(6-9)16-4-3-15-2-1-14-8-15/h1-2,5-8H,3-4,13H2. The molecule has 0 spiro atoms. The second-order valence-electron chi connectivity index (χ2n) is 3.37. The van der Waals surface area contributed by atoms with Crippen LogP contribution in [0.1, 0.15) is 0 Å². The Hall–Kier alpha value is -1.49. The number of aryl methyl sites for hydroxylation is 1. The fourth-order valence-corrected chi connectivity index (χ4v) is 2.31. The minimum Gasteiger partial charge on any atom is -0.399 e. The summed E-state index contributed by atoms with van der Waals surface area (Å²) in [4.78, 5) is 4.81. The number of nitrogens with zero attached hydrogens (tertiary/aromatic N) is 2. The van der Waals surface area contributed by atoms with Crippen molar-refractivity contribution < 1.29 is 4.39 Å². The smallest absolute Gasteiger partial charge is 0.126 e. The molecule has 5 heteroatoms. The summed E-state index contributed by atoms with van der Waals surface area (Å²) >= 11 is 1.58. The molecule has 1 aromatic heterocycles. The summed E-state index contributed by atoms with van der Waals surface area (Å²) in [6.07, 6.45) is 5.41. The summed E-state index contributed by atoms with van der Waals surface area (Å²) in [5.74, 6) is 0.573. The Bertz CT molecular complexity index is 436. The first-order valence-electron chi connectivity index (χ1n) is 4.88. The van der Waals surface area contributed by atoms with Gasteiger partial charge in [-0.15, -0.1) is 11.8 Å². The first-order valence-corrected chi connectivity index (χ1v) is 5.87. The van der Waals surface area contributed by atoms with E-state index in [-0.39, 0.29) is 5.82 Å². The minimum atomic E-state index is -0.287. The average molecular weight is 237 g/mol. The van der Waals surface area contributed by atoms with Gasteiger partial charge in [-0.2, -0.15) is 0 Å². The Morgan fingerprint density at radius 2 is 2.25 bits per heavy atom. The van der Waals surface area contributed by atoms with E-state index >= 15 is 0 Å². The first kappa shape index (κ1) is 11.0. The number of imidazole rings is 1. The van der Waals surface area contributed by atoms with Gasteiger partial charge in [0.1, 0.15) is 5.82 Å². The third-order valence-electron chi connectivity index (χ3n) is 2.07. The summed E-state index contributed by atoms with van der Waals surface area (Å²) in [6.45, 7) is 0.848. The predicted octanol–water partition coefficient (Wildman–Crippen LogP) is 2.40. The third-order valence-corrected chi connectivity index (χ3v) is 3.03. The van der Waals surface area contributed by atoms with Crippen molar-refractivity contribution in [3.05, 3.63) is 42.7 Å². The molecule has 2 aromatic rings. The van der Waals surface area contributed by atoms with Crippen molar-refractivity contribution in [2.75, 3.05) is 11.5 Å². The van der Waals surface area contributed by atoms with Crippen molar-refractivity contribution in [2.24, 2.45) is 0 Å².